The van der Waals surface area contributed by atoms with Gasteiger partial charge in [-0.05, 0) is 35.9 Å². The maximum absolute atomic E-state index is 13.2. The van der Waals surface area contributed by atoms with E-state index >= 15 is 0 Å². The number of thiazole rings is 1. The topological polar surface area (TPSA) is 45.2 Å². The SMILES string of the molecule is O=C(NCc1ccc(F)cc1)C1CN(c2nc3ccc(F)cc3s2)C1. The third-order valence-electron chi connectivity index (χ3n) is 4.24. The van der Waals surface area contributed by atoms with Gasteiger partial charge < -0.3 is 10.2 Å². The van der Waals surface area contributed by atoms with E-state index in [9.17, 15) is 13.6 Å². The second-order valence-corrected chi connectivity index (χ2v) is 7.06. The first-order valence-electron chi connectivity index (χ1n) is 7.92. The fourth-order valence-corrected chi connectivity index (χ4v) is 3.77. The second-order valence-electron chi connectivity index (χ2n) is 6.05. The van der Waals surface area contributed by atoms with Crippen LogP contribution in [0, 0.1) is 17.6 Å². The predicted octanol–water partition coefficient (Wildman–Crippen LogP) is 3.33. The Labute approximate surface area is 147 Å². The predicted molar refractivity (Wildman–Crippen MR) is 93.5 cm³/mol. The molecule has 4 rings (SSSR count). The molecule has 1 aliphatic heterocycles. The molecule has 3 aromatic rings. The average molecular weight is 359 g/mol. The molecule has 1 N–H and O–H groups in total. The number of nitrogens with zero attached hydrogens (tertiary/aromatic N) is 2. The molecule has 0 radical (unpaired) electrons. The lowest BCUT2D eigenvalue weighted by molar-refractivity contribution is -0.125. The molecule has 4 nitrogen and oxygen atoms in total. The Morgan fingerprint density at radius 2 is 1.88 bits per heavy atom. The molecule has 1 saturated heterocycles. The van der Waals surface area contributed by atoms with Gasteiger partial charge in [0.15, 0.2) is 5.13 Å². The third-order valence-corrected chi connectivity index (χ3v) is 5.32. The number of aromatic nitrogens is 1. The van der Waals surface area contributed by atoms with Crippen LogP contribution in [0.2, 0.25) is 0 Å². The van der Waals surface area contributed by atoms with Crippen molar-refractivity contribution >= 4 is 32.6 Å². The molecule has 0 saturated carbocycles. The van der Waals surface area contributed by atoms with Crippen molar-refractivity contribution in [1.29, 1.82) is 0 Å². The number of rotatable bonds is 4. The Morgan fingerprint density at radius 3 is 2.64 bits per heavy atom. The third kappa shape index (κ3) is 3.32. The van der Waals surface area contributed by atoms with E-state index in [0.717, 1.165) is 20.9 Å². The van der Waals surface area contributed by atoms with E-state index in [-0.39, 0.29) is 23.5 Å². The van der Waals surface area contributed by atoms with E-state index in [1.807, 2.05) is 4.90 Å². The normalized spacial score (nSPS) is 14.6. The molecular formula is C18H15F2N3OS. The summed E-state index contributed by atoms with van der Waals surface area (Å²) in [5, 5.41) is 3.68. The second kappa shape index (κ2) is 6.40. The summed E-state index contributed by atoms with van der Waals surface area (Å²) in [4.78, 5) is 18.7. The monoisotopic (exact) mass is 359 g/mol. The summed E-state index contributed by atoms with van der Waals surface area (Å²) in [7, 11) is 0. The van der Waals surface area contributed by atoms with E-state index in [1.165, 1.54) is 35.6 Å². The van der Waals surface area contributed by atoms with Crippen LogP contribution < -0.4 is 10.2 Å². The molecule has 128 valence electrons. The van der Waals surface area contributed by atoms with Crippen LogP contribution in [0.3, 0.4) is 0 Å². The van der Waals surface area contributed by atoms with Crippen LogP contribution >= 0.6 is 11.3 Å². The molecule has 0 spiro atoms. The van der Waals surface area contributed by atoms with Crippen LogP contribution in [-0.4, -0.2) is 24.0 Å². The van der Waals surface area contributed by atoms with Crippen molar-refractivity contribution in [1.82, 2.24) is 10.3 Å². The molecule has 1 aliphatic rings. The highest BCUT2D eigenvalue weighted by Gasteiger charge is 2.34. The minimum Gasteiger partial charge on any atom is -0.352 e. The van der Waals surface area contributed by atoms with Crippen molar-refractivity contribution in [2.24, 2.45) is 5.92 Å². The number of hydrogen-bond donors (Lipinski definition) is 1. The number of anilines is 1. The summed E-state index contributed by atoms with van der Waals surface area (Å²) in [6, 6.07) is 10.6. The molecule has 25 heavy (non-hydrogen) atoms. The van der Waals surface area contributed by atoms with Crippen LogP contribution in [0.1, 0.15) is 5.56 Å². The number of fused-ring (bicyclic) bond motifs is 1. The maximum atomic E-state index is 13.2. The van der Waals surface area contributed by atoms with E-state index in [0.29, 0.717) is 19.6 Å². The van der Waals surface area contributed by atoms with Crippen LogP contribution in [0.15, 0.2) is 42.5 Å². The molecule has 0 atom stereocenters. The molecule has 7 heteroatoms. The van der Waals surface area contributed by atoms with Crippen LogP contribution in [0.4, 0.5) is 13.9 Å². The highest BCUT2D eigenvalue weighted by molar-refractivity contribution is 7.22. The van der Waals surface area contributed by atoms with Gasteiger partial charge in [-0.3, -0.25) is 4.79 Å². The summed E-state index contributed by atoms with van der Waals surface area (Å²) >= 11 is 1.43. The highest BCUT2D eigenvalue weighted by Crippen LogP contribution is 2.33. The van der Waals surface area contributed by atoms with E-state index in [4.69, 9.17) is 0 Å². The van der Waals surface area contributed by atoms with Crippen molar-refractivity contribution in [2.75, 3.05) is 18.0 Å². The van der Waals surface area contributed by atoms with E-state index < -0.39 is 0 Å². The fourth-order valence-electron chi connectivity index (χ4n) is 2.76. The van der Waals surface area contributed by atoms with Crippen molar-refractivity contribution in [3.63, 3.8) is 0 Å². The number of carbonyl (C=O) groups is 1. The lowest BCUT2D eigenvalue weighted by atomic mass is 10.00. The molecule has 1 aromatic heterocycles. The zero-order valence-electron chi connectivity index (χ0n) is 13.2. The summed E-state index contributed by atoms with van der Waals surface area (Å²) in [6.45, 7) is 1.57. The van der Waals surface area contributed by atoms with Gasteiger partial charge in [0.05, 0.1) is 16.1 Å². The summed E-state index contributed by atoms with van der Waals surface area (Å²) in [5.74, 6) is -0.679. The number of benzene rings is 2. The number of amides is 1. The molecule has 1 fully saturated rings. The highest BCUT2D eigenvalue weighted by atomic mass is 32.1. The quantitative estimate of drug-likeness (QED) is 0.777. The van der Waals surface area contributed by atoms with Crippen molar-refractivity contribution in [2.45, 2.75) is 6.54 Å². The first-order valence-corrected chi connectivity index (χ1v) is 8.73. The largest absolute Gasteiger partial charge is 0.352 e. The standard InChI is InChI=1S/C18H15F2N3OS/c19-13-3-1-11(2-4-13)8-21-17(24)12-9-23(10-12)18-22-15-6-5-14(20)7-16(15)25-18/h1-7,12H,8-10H2,(H,21,24). The fraction of sp³-hybridized carbons (Fsp3) is 0.222. The van der Waals surface area contributed by atoms with Gasteiger partial charge in [0.1, 0.15) is 11.6 Å². The Kier molecular flexibility index (Phi) is 4.09. The zero-order valence-corrected chi connectivity index (χ0v) is 14.0. The summed E-state index contributed by atoms with van der Waals surface area (Å²) in [6.07, 6.45) is 0. The Bertz CT molecular complexity index is 920. The van der Waals surface area contributed by atoms with Crippen molar-refractivity contribution in [3.8, 4) is 0 Å². The average Bonchev–Trinajstić information content (AvgIpc) is 2.95. The lowest BCUT2D eigenvalue weighted by Gasteiger charge is -2.37. The van der Waals surface area contributed by atoms with Gasteiger partial charge in [-0.2, -0.15) is 0 Å². The van der Waals surface area contributed by atoms with Gasteiger partial charge in [-0.1, -0.05) is 23.5 Å². The summed E-state index contributed by atoms with van der Waals surface area (Å²) in [5.41, 5.74) is 1.63. The van der Waals surface area contributed by atoms with Gasteiger partial charge >= 0.3 is 0 Å². The minimum atomic E-state index is -0.291. The van der Waals surface area contributed by atoms with Crippen molar-refractivity contribution in [3.05, 3.63) is 59.7 Å². The van der Waals surface area contributed by atoms with Gasteiger partial charge in [0.25, 0.3) is 0 Å². The Hall–Kier alpha value is -2.54. The van der Waals surface area contributed by atoms with Gasteiger partial charge in [-0.15, -0.1) is 0 Å². The molecule has 0 unspecified atom stereocenters. The molecule has 2 heterocycles. The first-order chi connectivity index (χ1) is 12.1. The van der Waals surface area contributed by atoms with E-state index in [2.05, 4.69) is 10.3 Å². The lowest BCUT2D eigenvalue weighted by Crippen LogP contribution is -2.53. The molecule has 1 amide bonds. The Balaban J connectivity index is 1.32. The summed E-state index contributed by atoms with van der Waals surface area (Å²) < 4.78 is 26.9. The Morgan fingerprint density at radius 1 is 1.16 bits per heavy atom. The molecule has 2 aromatic carbocycles. The maximum Gasteiger partial charge on any atom is 0.226 e. The zero-order chi connectivity index (χ0) is 17.4. The first kappa shape index (κ1) is 16.0. The van der Waals surface area contributed by atoms with Gasteiger partial charge in [-0.25, -0.2) is 13.8 Å². The number of hydrogen-bond acceptors (Lipinski definition) is 4. The minimum absolute atomic E-state index is 0.0206. The number of carbonyl (C=O) groups excluding carboxylic acids is 1. The van der Waals surface area contributed by atoms with Gasteiger partial charge in [0, 0.05) is 19.6 Å². The smallest absolute Gasteiger partial charge is 0.226 e. The molecule has 0 aliphatic carbocycles. The molecule has 0 bridgehead atoms. The van der Waals surface area contributed by atoms with Gasteiger partial charge in [0.2, 0.25) is 5.91 Å². The number of nitrogens with one attached hydrogen (secondary N) is 1. The molecular weight excluding hydrogens is 344 g/mol. The van der Waals surface area contributed by atoms with Crippen molar-refractivity contribution < 1.29 is 13.6 Å². The van der Waals surface area contributed by atoms with Crippen LogP contribution in [0.5, 0.6) is 0 Å². The van der Waals surface area contributed by atoms with Crippen LogP contribution in [0.25, 0.3) is 10.2 Å². The van der Waals surface area contributed by atoms with E-state index in [1.54, 1.807) is 18.2 Å². The van der Waals surface area contributed by atoms with Crippen LogP contribution in [-0.2, 0) is 11.3 Å². The number of halogens is 2.